The molecule has 3 N–H and O–H groups in total. The number of aromatic hydroxyl groups is 2. The maximum Gasteiger partial charge on any atom is 0.283 e. The lowest BCUT2D eigenvalue weighted by Crippen LogP contribution is -2.16. The summed E-state index contributed by atoms with van der Waals surface area (Å²) in [7, 11) is 0. The van der Waals surface area contributed by atoms with Crippen LogP contribution in [0.25, 0.3) is 10.1 Å². The molecule has 0 aliphatic heterocycles. The van der Waals surface area contributed by atoms with Crippen LogP contribution in [0.4, 0.5) is 0 Å². The Bertz CT molecular complexity index is 969. The first kappa shape index (κ1) is 16.6. The molecular formula is C16H10Cl2N2O3S. The molecule has 3 rings (SSSR count). The Labute approximate surface area is 150 Å². The van der Waals surface area contributed by atoms with Gasteiger partial charge < -0.3 is 10.2 Å². The molecule has 1 aromatic heterocycles. The molecular weight excluding hydrogens is 371 g/mol. The SMILES string of the molecule is O=C(NN=Cc1ccc(O)cc1O)c1sc2cc(Cl)ccc2c1Cl. The minimum atomic E-state index is -0.466. The molecule has 2 aromatic carbocycles. The number of hydrogen-bond donors (Lipinski definition) is 3. The summed E-state index contributed by atoms with van der Waals surface area (Å²) in [5, 5.41) is 24.3. The predicted octanol–water partition coefficient (Wildman–Crippen LogP) is 4.38. The van der Waals surface area contributed by atoms with Crippen molar-refractivity contribution in [2.24, 2.45) is 5.10 Å². The van der Waals surface area contributed by atoms with Crippen LogP contribution in [0.3, 0.4) is 0 Å². The van der Waals surface area contributed by atoms with E-state index in [1.165, 1.54) is 35.8 Å². The van der Waals surface area contributed by atoms with E-state index in [2.05, 4.69) is 10.5 Å². The second kappa shape index (κ2) is 6.68. The van der Waals surface area contributed by atoms with Gasteiger partial charge >= 0.3 is 0 Å². The number of nitrogens with zero attached hydrogens (tertiary/aromatic N) is 1. The molecule has 0 saturated carbocycles. The highest BCUT2D eigenvalue weighted by Gasteiger charge is 2.16. The van der Waals surface area contributed by atoms with Gasteiger partial charge in [-0.25, -0.2) is 5.43 Å². The average Bonchev–Trinajstić information content (AvgIpc) is 2.85. The van der Waals surface area contributed by atoms with E-state index in [4.69, 9.17) is 23.2 Å². The van der Waals surface area contributed by atoms with Gasteiger partial charge in [0.25, 0.3) is 5.91 Å². The van der Waals surface area contributed by atoms with Crippen molar-refractivity contribution >= 4 is 56.7 Å². The summed E-state index contributed by atoms with van der Waals surface area (Å²) in [4.78, 5) is 12.5. The molecule has 0 aliphatic carbocycles. The number of hydrogen-bond acceptors (Lipinski definition) is 5. The van der Waals surface area contributed by atoms with Gasteiger partial charge in [0.2, 0.25) is 0 Å². The number of amides is 1. The minimum absolute atomic E-state index is 0.0654. The summed E-state index contributed by atoms with van der Waals surface area (Å²) in [5.41, 5.74) is 2.70. The monoisotopic (exact) mass is 380 g/mol. The van der Waals surface area contributed by atoms with E-state index in [9.17, 15) is 15.0 Å². The maximum atomic E-state index is 12.2. The Balaban J connectivity index is 1.80. The summed E-state index contributed by atoms with van der Waals surface area (Å²) >= 11 is 13.4. The Kier molecular flexibility index (Phi) is 4.62. The van der Waals surface area contributed by atoms with Crippen LogP contribution in [0.15, 0.2) is 41.5 Å². The quantitative estimate of drug-likeness (QED) is 0.465. The third-order valence-electron chi connectivity index (χ3n) is 3.18. The zero-order valence-corrected chi connectivity index (χ0v) is 14.3. The highest BCUT2D eigenvalue weighted by molar-refractivity contribution is 7.21. The molecule has 0 saturated heterocycles. The van der Waals surface area contributed by atoms with Gasteiger partial charge in [-0.3, -0.25) is 4.79 Å². The Morgan fingerprint density at radius 3 is 2.71 bits per heavy atom. The third-order valence-corrected chi connectivity index (χ3v) is 5.07. The number of phenols is 2. The van der Waals surface area contributed by atoms with Crippen molar-refractivity contribution in [2.45, 2.75) is 0 Å². The number of nitrogens with one attached hydrogen (secondary N) is 1. The zero-order valence-electron chi connectivity index (χ0n) is 12.0. The lowest BCUT2D eigenvalue weighted by molar-refractivity contribution is 0.0959. The number of thiophene rings is 1. The fourth-order valence-corrected chi connectivity index (χ4v) is 3.72. The van der Waals surface area contributed by atoms with Crippen LogP contribution in [-0.4, -0.2) is 22.3 Å². The highest BCUT2D eigenvalue weighted by Crippen LogP contribution is 2.36. The van der Waals surface area contributed by atoms with Crippen molar-refractivity contribution in [3.05, 3.63) is 56.9 Å². The van der Waals surface area contributed by atoms with Crippen molar-refractivity contribution in [2.75, 3.05) is 0 Å². The number of rotatable bonds is 3. The topological polar surface area (TPSA) is 81.9 Å². The first-order valence-corrected chi connectivity index (χ1v) is 8.26. The number of carbonyl (C=O) groups excluding carboxylic acids is 1. The van der Waals surface area contributed by atoms with Crippen molar-refractivity contribution in [3.63, 3.8) is 0 Å². The Morgan fingerprint density at radius 2 is 1.96 bits per heavy atom. The van der Waals surface area contributed by atoms with Gasteiger partial charge in [-0.05, 0) is 24.3 Å². The molecule has 122 valence electrons. The molecule has 0 aliphatic rings. The van der Waals surface area contributed by atoms with Gasteiger partial charge in [0.05, 0.1) is 11.2 Å². The second-order valence-electron chi connectivity index (χ2n) is 4.83. The summed E-state index contributed by atoms with van der Waals surface area (Å²) < 4.78 is 0.804. The maximum absolute atomic E-state index is 12.2. The van der Waals surface area contributed by atoms with E-state index >= 15 is 0 Å². The molecule has 3 aromatic rings. The molecule has 1 heterocycles. The number of phenolic OH excluding ortho intramolecular Hbond substituents is 2. The van der Waals surface area contributed by atoms with Gasteiger partial charge in [-0.1, -0.05) is 29.3 Å². The second-order valence-corrected chi connectivity index (χ2v) is 6.69. The number of hydrazone groups is 1. The van der Waals surface area contributed by atoms with E-state index in [1.807, 2.05) is 0 Å². The van der Waals surface area contributed by atoms with Crippen molar-refractivity contribution in [3.8, 4) is 11.5 Å². The van der Waals surface area contributed by atoms with Crippen LogP contribution in [0.1, 0.15) is 15.2 Å². The zero-order chi connectivity index (χ0) is 17.3. The van der Waals surface area contributed by atoms with Gasteiger partial charge in [-0.15, -0.1) is 11.3 Å². The fraction of sp³-hybridized carbons (Fsp3) is 0. The normalized spacial score (nSPS) is 11.2. The van der Waals surface area contributed by atoms with E-state index in [1.54, 1.807) is 18.2 Å². The Hall–Kier alpha value is -2.28. The van der Waals surface area contributed by atoms with Crippen LogP contribution < -0.4 is 5.43 Å². The molecule has 0 spiro atoms. The molecule has 8 heteroatoms. The first-order chi connectivity index (χ1) is 11.5. The predicted molar refractivity (Wildman–Crippen MR) is 96.7 cm³/mol. The lowest BCUT2D eigenvalue weighted by Gasteiger charge is -2.00. The van der Waals surface area contributed by atoms with Crippen molar-refractivity contribution in [1.82, 2.24) is 5.43 Å². The summed E-state index contributed by atoms with van der Waals surface area (Å²) in [6.45, 7) is 0. The first-order valence-electron chi connectivity index (χ1n) is 6.68. The van der Waals surface area contributed by atoms with Gasteiger partial charge in [0.15, 0.2) is 0 Å². The van der Waals surface area contributed by atoms with E-state index in [0.717, 1.165) is 10.1 Å². The molecule has 0 radical (unpaired) electrons. The number of halogens is 2. The number of fused-ring (bicyclic) bond motifs is 1. The molecule has 24 heavy (non-hydrogen) atoms. The van der Waals surface area contributed by atoms with E-state index < -0.39 is 5.91 Å². The molecule has 5 nitrogen and oxygen atoms in total. The fourth-order valence-electron chi connectivity index (χ4n) is 2.04. The molecule has 0 fully saturated rings. The van der Waals surface area contributed by atoms with Crippen LogP contribution in [0, 0.1) is 0 Å². The molecule has 0 atom stereocenters. The van der Waals surface area contributed by atoms with Crippen molar-refractivity contribution < 1.29 is 15.0 Å². The molecule has 0 bridgehead atoms. The van der Waals surface area contributed by atoms with Crippen LogP contribution in [-0.2, 0) is 0 Å². The summed E-state index contributed by atoms with van der Waals surface area (Å²) in [6.07, 6.45) is 1.27. The summed E-state index contributed by atoms with van der Waals surface area (Å²) in [5.74, 6) is -0.682. The standard InChI is InChI=1S/C16H10Cl2N2O3S/c17-9-2-4-11-13(5-9)24-15(14(11)18)16(23)20-19-7-8-1-3-10(21)6-12(8)22/h1-7,21-22H,(H,20,23). The summed E-state index contributed by atoms with van der Waals surface area (Å²) in [6, 6.07) is 9.24. The van der Waals surface area contributed by atoms with Gasteiger partial charge in [-0.2, -0.15) is 5.10 Å². The third kappa shape index (κ3) is 3.31. The van der Waals surface area contributed by atoms with Crippen LogP contribution >= 0.6 is 34.5 Å². The minimum Gasteiger partial charge on any atom is -0.508 e. The molecule has 1 amide bonds. The van der Waals surface area contributed by atoms with Crippen LogP contribution in [0.5, 0.6) is 11.5 Å². The smallest absolute Gasteiger partial charge is 0.283 e. The van der Waals surface area contributed by atoms with Gasteiger partial charge in [0, 0.05) is 26.7 Å². The van der Waals surface area contributed by atoms with Gasteiger partial charge in [0.1, 0.15) is 16.4 Å². The van der Waals surface area contributed by atoms with Crippen LogP contribution in [0.2, 0.25) is 10.0 Å². The average molecular weight is 381 g/mol. The highest BCUT2D eigenvalue weighted by atomic mass is 35.5. The number of carbonyl (C=O) groups is 1. The molecule has 0 unspecified atom stereocenters. The number of benzene rings is 2. The van der Waals surface area contributed by atoms with E-state index in [0.29, 0.717) is 20.5 Å². The van der Waals surface area contributed by atoms with E-state index in [-0.39, 0.29) is 11.5 Å². The van der Waals surface area contributed by atoms with Crippen molar-refractivity contribution in [1.29, 1.82) is 0 Å². The largest absolute Gasteiger partial charge is 0.508 e. The lowest BCUT2D eigenvalue weighted by atomic mass is 10.2. The Morgan fingerprint density at radius 1 is 1.17 bits per heavy atom.